The number of rotatable bonds is 4. The number of methoxy groups -OCH3 is 1. The van der Waals surface area contributed by atoms with E-state index in [1.807, 2.05) is 31.2 Å². The Kier molecular flexibility index (Phi) is 5.50. The first-order chi connectivity index (χ1) is 7.26. The third kappa shape index (κ3) is 4.53. The van der Waals surface area contributed by atoms with Crippen molar-refractivity contribution in [2.45, 2.75) is 12.7 Å². The van der Waals surface area contributed by atoms with E-state index in [1.165, 1.54) is 17.3 Å². The summed E-state index contributed by atoms with van der Waals surface area (Å²) in [5.41, 5.74) is 1.21. The van der Waals surface area contributed by atoms with Gasteiger partial charge in [-0.15, -0.1) is 0 Å². The van der Waals surface area contributed by atoms with Gasteiger partial charge in [0.1, 0.15) is 5.75 Å². The van der Waals surface area contributed by atoms with E-state index in [4.69, 9.17) is 21.7 Å². The van der Waals surface area contributed by atoms with Gasteiger partial charge in [-0.1, -0.05) is 23.9 Å². The molecule has 1 aromatic carbocycles. The van der Waals surface area contributed by atoms with E-state index in [9.17, 15) is 0 Å². The van der Waals surface area contributed by atoms with Crippen LogP contribution in [0.1, 0.15) is 12.5 Å². The quantitative estimate of drug-likeness (QED) is 0.754. The normalized spacial score (nSPS) is 9.73. The zero-order valence-corrected chi connectivity index (χ0v) is 10.5. The summed E-state index contributed by atoms with van der Waals surface area (Å²) in [5.74, 6) is 1.71. The van der Waals surface area contributed by atoms with Crippen LogP contribution in [-0.4, -0.2) is 18.1 Å². The van der Waals surface area contributed by atoms with Crippen molar-refractivity contribution in [3.8, 4) is 5.75 Å². The largest absolute Gasteiger partial charge is 0.497 e. The Hall–Kier alpha value is -0.740. The molecule has 0 saturated heterocycles. The van der Waals surface area contributed by atoms with E-state index in [0.29, 0.717) is 11.0 Å². The second kappa shape index (κ2) is 6.69. The molecule has 1 rings (SSSR count). The van der Waals surface area contributed by atoms with Crippen LogP contribution in [0.25, 0.3) is 0 Å². The van der Waals surface area contributed by atoms with Gasteiger partial charge >= 0.3 is 0 Å². The predicted octanol–water partition coefficient (Wildman–Crippen LogP) is 3.25. The molecule has 0 saturated carbocycles. The fourth-order valence-corrected chi connectivity index (χ4v) is 2.00. The van der Waals surface area contributed by atoms with Gasteiger partial charge in [0.05, 0.1) is 13.7 Å². The predicted molar refractivity (Wildman–Crippen MR) is 68.5 cm³/mol. The highest BCUT2D eigenvalue weighted by Gasteiger charge is 1.99. The second-order valence-electron chi connectivity index (χ2n) is 2.82. The lowest BCUT2D eigenvalue weighted by Crippen LogP contribution is -1.96. The van der Waals surface area contributed by atoms with E-state index < -0.39 is 0 Å². The first-order valence-corrected chi connectivity index (χ1v) is 6.08. The van der Waals surface area contributed by atoms with Crippen LogP contribution in [-0.2, 0) is 10.5 Å². The summed E-state index contributed by atoms with van der Waals surface area (Å²) in [4.78, 5) is 0. The van der Waals surface area contributed by atoms with Gasteiger partial charge in [0.2, 0.25) is 4.38 Å². The standard InChI is InChI=1S/C11H14O2S2/c1-3-13-11(14)15-8-9-4-6-10(12-2)7-5-9/h4-7H,3,8H2,1-2H3. The first kappa shape index (κ1) is 12.3. The molecule has 0 amide bonds. The number of benzene rings is 1. The Balaban J connectivity index is 2.40. The van der Waals surface area contributed by atoms with Gasteiger partial charge in [-0.2, -0.15) is 0 Å². The molecule has 2 nitrogen and oxygen atoms in total. The maximum Gasteiger partial charge on any atom is 0.220 e. The second-order valence-corrected chi connectivity index (χ2v) is 4.40. The zero-order valence-electron chi connectivity index (χ0n) is 8.86. The van der Waals surface area contributed by atoms with Gasteiger partial charge in [0.25, 0.3) is 0 Å². The summed E-state index contributed by atoms with van der Waals surface area (Å²) in [6.45, 7) is 2.56. The average molecular weight is 242 g/mol. The molecule has 0 aliphatic heterocycles. The molecule has 0 atom stereocenters. The molecule has 0 aromatic heterocycles. The van der Waals surface area contributed by atoms with Crippen LogP contribution in [0, 0.1) is 0 Å². The molecule has 1 aromatic rings. The number of hydrogen-bond acceptors (Lipinski definition) is 4. The maximum atomic E-state index is 5.18. The highest BCUT2D eigenvalue weighted by molar-refractivity contribution is 8.22. The minimum absolute atomic E-state index is 0.605. The Labute approximate surface area is 100.0 Å². The lowest BCUT2D eigenvalue weighted by atomic mass is 10.2. The first-order valence-electron chi connectivity index (χ1n) is 4.68. The van der Waals surface area contributed by atoms with E-state index in [-0.39, 0.29) is 0 Å². The number of thiocarbonyl (C=S) groups is 1. The number of thioether (sulfide) groups is 1. The molecule has 0 radical (unpaired) electrons. The molecule has 0 bridgehead atoms. The van der Waals surface area contributed by atoms with Gasteiger partial charge in [-0.3, -0.25) is 0 Å². The van der Waals surface area contributed by atoms with Crippen molar-refractivity contribution in [1.82, 2.24) is 0 Å². The molecular formula is C11H14O2S2. The van der Waals surface area contributed by atoms with Crippen LogP contribution in [0.2, 0.25) is 0 Å². The zero-order chi connectivity index (χ0) is 11.1. The van der Waals surface area contributed by atoms with Crippen LogP contribution >= 0.6 is 24.0 Å². The Morgan fingerprint density at radius 1 is 1.33 bits per heavy atom. The highest BCUT2D eigenvalue weighted by atomic mass is 32.2. The van der Waals surface area contributed by atoms with Crippen LogP contribution < -0.4 is 4.74 Å². The van der Waals surface area contributed by atoms with Gasteiger partial charge < -0.3 is 9.47 Å². The molecule has 4 heteroatoms. The Morgan fingerprint density at radius 2 is 2.00 bits per heavy atom. The van der Waals surface area contributed by atoms with E-state index in [1.54, 1.807) is 7.11 Å². The van der Waals surface area contributed by atoms with Gasteiger partial charge in [-0.25, -0.2) is 0 Å². The fraction of sp³-hybridized carbons (Fsp3) is 0.364. The van der Waals surface area contributed by atoms with E-state index >= 15 is 0 Å². The van der Waals surface area contributed by atoms with Crippen molar-refractivity contribution in [3.05, 3.63) is 29.8 Å². The number of hydrogen-bond donors (Lipinski definition) is 0. The summed E-state index contributed by atoms with van der Waals surface area (Å²) in [6, 6.07) is 7.94. The summed E-state index contributed by atoms with van der Waals surface area (Å²) in [6.07, 6.45) is 0. The smallest absolute Gasteiger partial charge is 0.220 e. The van der Waals surface area contributed by atoms with Gasteiger partial charge in [0.15, 0.2) is 0 Å². The van der Waals surface area contributed by atoms with Crippen molar-refractivity contribution >= 4 is 28.4 Å². The minimum atomic E-state index is 0.605. The fourth-order valence-electron chi connectivity index (χ4n) is 1.02. The maximum absolute atomic E-state index is 5.18. The monoisotopic (exact) mass is 242 g/mol. The van der Waals surface area contributed by atoms with Crippen LogP contribution in [0.5, 0.6) is 5.75 Å². The molecule has 0 N–H and O–H groups in total. The molecule has 82 valence electrons. The van der Waals surface area contributed by atoms with Crippen LogP contribution in [0.3, 0.4) is 0 Å². The highest BCUT2D eigenvalue weighted by Crippen LogP contribution is 2.17. The van der Waals surface area contributed by atoms with Crippen molar-refractivity contribution in [3.63, 3.8) is 0 Å². The number of ether oxygens (including phenoxy) is 2. The van der Waals surface area contributed by atoms with Crippen molar-refractivity contribution in [2.24, 2.45) is 0 Å². The molecule has 0 aliphatic rings. The van der Waals surface area contributed by atoms with Crippen LogP contribution in [0.15, 0.2) is 24.3 Å². The van der Waals surface area contributed by atoms with E-state index in [2.05, 4.69) is 0 Å². The lowest BCUT2D eigenvalue weighted by molar-refractivity contribution is 0.346. The van der Waals surface area contributed by atoms with Gasteiger partial charge in [-0.05, 0) is 36.8 Å². The van der Waals surface area contributed by atoms with Gasteiger partial charge in [0, 0.05) is 5.75 Å². The minimum Gasteiger partial charge on any atom is -0.497 e. The summed E-state index contributed by atoms with van der Waals surface area (Å²) in [7, 11) is 1.66. The third-order valence-corrected chi connectivity index (χ3v) is 3.08. The molecule has 0 spiro atoms. The molecule has 0 aliphatic carbocycles. The van der Waals surface area contributed by atoms with E-state index in [0.717, 1.165) is 11.5 Å². The van der Waals surface area contributed by atoms with Crippen molar-refractivity contribution < 1.29 is 9.47 Å². The van der Waals surface area contributed by atoms with Crippen LogP contribution in [0.4, 0.5) is 0 Å². The molecule has 15 heavy (non-hydrogen) atoms. The summed E-state index contributed by atoms with van der Waals surface area (Å²) >= 11 is 6.55. The molecular weight excluding hydrogens is 228 g/mol. The van der Waals surface area contributed by atoms with Crippen molar-refractivity contribution in [2.75, 3.05) is 13.7 Å². The molecule has 0 heterocycles. The Morgan fingerprint density at radius 3 is 2.53 bits per heavy atom. The summed E-state index contributed by atoms with van der Waals surface area (Å²) < 4.78 is 10.9. The Bertz CT molecular complexity index is 309. The lowest BCUT2D eigenvalue weighted by Gasteiger charge is -2.05. The topological polar surface area (TPSA) is 18.5 Å². The molecule has 0 unspecified atom stereocenters. The van der Waals surface area contributed by atoms with Crippen molar-refractivity contribution in [1.29, 1.82) is 0 Å². The SMILES string of the molecule is CCOC(=S)SCc1ccc(OC)cc1. The average Bonchev–Trinajstić information content (AvgIpc) is 2.27. The molecule has 0 fully saturated rings. The third-order valence-electron chi connectivity index (χ3n) is 1.78. The summed E-state index contributed by atoms with van der Waals surface area (Å²) in [5, 5.41) is 0.